The molecule has 0 saturated carbocycles. The summed E-state index contributed by atoms with van der Waals surface area (Å²) in [6.07, 6.45) is 0. The molecule has 0 N–H and O–H groups in total. The van der Waals surface area contributed by atoms with Crippen molar-refractivity contribution in [3.63, 3.8) is 0 Å². The van der Waals surface area contributed by atoms with Crippen molar-refractivity contribution in [2.45, 2.75) is 6.54 Å². The zero-order valence-electron chi connectivity index (χ0n) is 16.7. The minimum absolute atomic E-state index is 0.259. The van der Waals surface area contributed by atoms with Crippen LogP contribution in [0.1, 0.15) is 11.1 Å². The van der Waals surface area contributed by atoms with Crippen LogP contribution in [0.15, 0.2) is 69.2 Å². The lowest BCUT2D eigenvalue weighted by Gasteiger charge is -2.17. The van der Waals surface area contributed by atoms with Gasteiger partial charge in [0.25, 0.3) is 11.5 Å². The van der Waals surface area contributed by atoms with Gasteiger partial charge < -0.3 is 4.90 Å². The van der Waals surface area contributed by atoms with Crippen LogP contribution in [-0.2, 0) is 11.3 Å². The molecule has 1 aliphatic heterocycles. The summed E-state index contributed by atoms with van der Waals surface area (Å²) in [6.45, 7) is 0.259. The standard InChI is InChI=1S/C23H12BrFN4O2S2/c24-13-5-8-16-15(10-13)18(21(30)28(16)11-12-3-6-14(25)7-4-12)19-22(31)29-23(33-19)26-20(27-29)17-2-1-9-32-17/h1-10H,11H2. The van der Waals surface area contributed by atoms with Crippen molar-refractivity contribution >= 4 is 60.7 Å². The molecule has 1 amide bonds. The van der Waals surface area contributed by atoms with E-state index < -0.39 is 0 Å². The van der Waals surface area contributed by atoms with Gasteiger partial charge in [-0.1, -0.05) is 45.5 Å². The third kappa shape index (κ3) is 3.33. The number of halogens is 2. The molecule has 1 aliphatic rings. The van der Waals surface area contributed by atoms with E-state index in [2.05, 4.69) is 26.0 Å². The maximum Gasteiger partial charge on any atom is 0.291 e. The van der Waals surface area contributed by atoms with Crippen molar-refractivity contribution in [2.75, 3.05) is 4.90 Å². The van der Waals surface area contributed by atoms with Crippen LogP contribution in [0.2, 0.25) is 0 Å². The highest BCUT2D eigenvalue weighted by Crippen LogP contribution is 2.38. The van der Waals surface area contributed by atoms with Crippen molar-refractivity contribution in [1.82, 2.24) is 14.6 Å². The van der Waals surface area contributed by atoms with E-state index >= 15 is 0 Å². The van der Waals surface area contributed by atoms with Crippen LogP contribution in [0.5, 0.6) is 0 Å². The number of benzene rings is 2. The molecule has 0 fully saturated rings. The Labute approximate surface area is 202 Å². The van der Waals surface area contributed by atoms with Gasteiger partial charge in [-0.05, 0) is 47.3 Å². The molecule has 6 rings (SSSR count). The first-order chi connectivity index (χ1) is 16.0. The topological polar surface area (TPSA) is 67.6 Å². The number of hydrogen-bond donors (Lipinski definition) is 0. The fraction of sp³-hybridized carbons (Fsp3) is 0.0435. The molecule has 162 valence electrons. The van der Waals surface area contributed by atoms with Gasteiger partial charge >= 0.3 is 0 Å². The molecule has 33 heavy (non-hydrogen) atoms. The molecule has 3 aromatic heterocycles. The smallest absolute Gasteiger partial charge is 0.291 e. The second-order valence-electron chi connectivity index (χ2n) is 7.40. The first kappa shape index (κ1) is 20.4. The van der Waals surface area contributed by atoms with E-state index in [9.17, 15) is 14.0 Å². The van der Waals surface area contributed by atoms with Crippen LogP contribution in [0.4, 0.5) is 10.1 Å². The Morgan fingerprint density at radius 2 is 1.88 bits per heavy atom. The fourth-order valence-electron chi connectivity index (χ4n) is 3.85. The van der Waals surface area contributed by atoms with Crippen LogP contribution in [0.25, 0.3) is 21.2 Å². The normalized spacial score (nSPS) is 15.0. The molecular weight excluding hydrogens is 527 g/mol. The van der Waals surface area contributed by atoms with E-state index in [-0.39, 0.29) is 23.8 Å². The van der Waals surface area contributed by atoms with Gasteiger partial charge in [0.1, 0.15) is 10.3 Å². The molecular formula is C23H12BrFN4O2S2. The Morgan fingerprint density at radius 3 is 2.61 bits per heavy atom. The molecule has 10 heteroatoms. The molecule has 0 spiro atoms. The van der Waals surface area contributed by atoms with Gasteiger partial charge in [-0.15, -0.1) is 16.4 Å². The summed E-state index contributed by atoms with van der Waals surface area (Å²) in [4.78, 5) is 34.3. The zero-order chi connectivity index (χ0) is 22.7. The highest BCUT2D eigenvalue weighted by atomic mass is 79.9. The lowest BCUT2D eigenvalue weighted by molar-refractivity contribution is -0.113. The third-order valence-corrected chi connectivity index (χ3v) is 7.75. The number of thiazole rings is 1. The number of hydrogen-bond acceptors (Lipinski definition) is 6. The lowest BCUT2D eigenvalue weighted by atomic mass is 10.1. The fourth-order valence-corrected chi connectivity index (χ4v) is 5.86. The summed E-state index contributed by atoms with van der Waals surface area (Å²) in [7, 11) is 0. The summed E-state index contributed by atoms with van der Waals surface area (Å²) in [5.41, 5.74) is 2.10. The van der Waals surface area contributed by atoms with Gasteiger partial charge in [-0.2, -0.15) is 9.50 Å². The first-order valence-corrected chi connectivity index (χ1v) is 12.3. The summed E-state index contributed by atoms with van der Waals surface area (Å²) in [5.74, 6) is -0.133. The summed E-state index contributed by atoms with van der Waals surface area (Å²) < 4.78 is 15.7. The highest BCUT2D eigenvalue weighted by Gasteiger charge is 2.34. The lowest BCUT2D eigenvalue weighted by Crippen LogP contribution is -2.32. The van der Waals surface area contributed by atoms with Gasteiger partial charge in [-0.25, -0.2) is 4.39 Å². The van der Waals surface area contributed by atoms with Gasteiger partial charge in [0.05, 0.1) is 22.7 Å². The number of anilines is 1. The quantitative estimate of drug-likeness (QED) is 0.344. The maximum atomic E-state index is 13.6. The SMILES string of the molecule is O=C1C(=c2sc3nc(-c4cccs4)nn3c2=O)c2cc(Br)ccc2N1Cc1ccc(F)cc1. The number of nitrogens with zero attached hydrogens (tertiary/aromatic N) is 4. The number of rotatable bonds is 3. The van der Waals surface area contributed by atoms with Crippen molar-refractivity contribution in [3.05, 3.63) is 96.3 Å². The van der Waals surface area contributed by atoms with Crippen molar-refractivity contribution in [3.8, 4) is 10.7 Å². The van der Waals surface area contributed by atoms with Crippen LogP contribution in [-0.4, -0.2) is 20.5 Å². The largest absolute Gasteiger partial charge is 0.303 e. The highest BCUT2D eigenvalue weighted by molar-refractivity contribution is 9.10. The van der Waals surface area contributed by atoms with Gasteiger partial charge in [0.2, 0.25) is 4.96 Å². The minimum Gasteiger partial charge on any atom is -0.303 e. The predicted molar refractivity (Wildman–Crippen MR) is 130 cm³/mol. The molecule has 0 bridgehead atoms. The number of amides is 1. The molecule has 5 aromatic rings. The van der Waals surface area contributed by atoms with E-state index in [4.69, 9.17) is 0 Å². The van der Waals surface area contributed by atoms with Gasteiger partial charge in [-0.3, -0.25) is 9.59 Å². The summed E-state index contributed by atoms with van der Waals surface area (Å²) >= 11 is 6.12. The Kier molecular flexibility index (Phi) is 4.75. The summed E-state index contributed by atoms with van der Waals surface area (Å²) in [5, 5.41) is 6.29. The molecule has 0 aliphatic carbocycles. The maximum absolute atomic E-state index is 13.6. The number of aromatic nitrogens is 3. The van der Waals surface area contributed by atoms with Crippen LogP contribution in [0, 0.1) is 5.82 Å². The molecule has 4 heterocycles. The zero-order valence-corrected chi connectivity index (χ0v) is 19.9. The molecule has 0 radical (unpaired) electrons. The average molecular weight is 539 g/mol. The monoisotopic (exact) mass is 538 g/mol. The molecule has 0 unspecified atom stereocenters. The van der Waals surface area contributed by atoms with E-state index in [1.54, 1.807) is 17.0 Å². The van der Waals surface area contributed by atoms with Crippen LogP contribution >= 0.6 is 38.6 Å². The minimum atomic E-state index is -0.372. The Hall–Kier alpha value is -3.21. The van der Waals surface area contributed by atoms with Crippen molar-refractivity contribution < 1.29 is 9.18 Å². The number of fused-ring (bicyclic) bond motifs is 2. The predicted octanol–water partition coefficient (Wildman–Crippen LogP) is 4.25. The molecule has 0 saturated heterocycles. The van der Waals surface area contributed by atoms with E-state index in [0.717, 1.165) is 26.3 Å². The van der Waals surface area contributed by atoms with E-state index in [0.29, 0.717) is 32.1 Å². The Morgan fingerprint density at radius 1 is 1.06 bits per heavy atom. The molecule has 2 aromatic carbocycles. The van der Waals surface area contributed by atoms with Crippen LogP contribution < -0.4 is 15.0 Å². The average Bonchev–Trinajstić information content (AvgIpc) is 3.56. The first-order valence-electron chi connectivity index (χ1n) is 9.83. The second kappa shape index (κ2) is 7.68. The Balaban J connectivity index is 1.52. The second-order valence-corrected chi connectivity index (χ2v) is 10.2. The number of thiophene rings is 1. The van der Waals surface area contributed by atoms with Crippen molar-refractivity contribution in [2.24, 2.45) is 0 Å². The number of carbonyl (C=O) groups is 1. The Bertz CT molecular complexity index is 1660. The van der Waals surface area contributed by atoms with Crippen LogP contribution in [0.3, 0.4) is 0 Å². The third-order valence-electron chi connectivity index (χ3n) is 5.36. The van der Waals surface area contributed by atoms with Crippen molar-refractivity contribution in [1.29, 1.82) is 0 Å². The van der Waals surface area contributed by atoms with Gasteiger partial charge in [0, 0.05) is 10.0 Å². The molecule has 6 nitrogen and oxygen atoms in total. The summed E-state index contributed by atoms with van der Waals surface area (Å²) in [6, 6.07) is 15.3. The molecule has 0 atom stereocenters. The van der Waals surface area contributed by atoms with E-state index in [1.807, 2.05) is 35.7 Å². The van der Waals surface area contributed by atoms with E-state index in [1.165, 1.54) is 28.0 Å². The number of carbonyl (C=O) groups excluding carboxylic acids is 1. The van der Waals surface area contributed by atoms with Gasteiger partial charge in [0.15, 0.2) is 5.82 Å².